The van der Waals surface area contributed by atoms with E-state index in [2.05, 4.69) is 105 Å². The Morgan fingerprint density at radius 2 is 1.36 bits per heavy atom. The number of phenols is 1. The van der Waals surface area contributed by atoms with E-state index in [4.69, 9.17) is 43.7 Å². The third-order valence-electron chi connectivity index (χ3n) is 12.5. The van der Waals surface area contributed by atoms with Crippen molar-refractivity contribution in [3.8, 4) is 11.5 Å². The highest BCUT2D eigenvalue weighted by Crippen LogP contribution is 2.46. The van der Waals surface area contributed by atoms with Crippen LogP contribution in [0.2, 0.25) is 10.6 Å². The topological polar surface area (TPSA) is 452 Å². The molecule has 8 aromatic rings. The summed E-state index contributed by atoms with van der Waals surface area (Å²) in [4.78, 5) is 42.2. The summed E-state index contributed by atoms with van der Waals surface area (Å²) in [6, 6.07) is 18.6. The van der Waals surface area contributed by atoms with Gasteiger partial charge in [-0.1, -0.05) is 33.3 Å². The largest absolute Gasteiger partial charge is 0.505 e. The maximum atomic E-state index is 12.8. The van der Waals surface area contributed by atoms with Gasteiger partial charge in [0.1, 0.15) is 26.9 Å². The van der Waals surface area contributed by atoms with Gasteiger partial charge in [-0.15, -0.1) is 18.1 Å². The van der Waals surface area contributed by atoms with Gasteiger partial charge in [0.2, 0.25) is 40.3 Å². The Labute approximate surface area is 525 Å². The molecule has 6 aromatic carbocycles. The Bertz CT molecular complexity index is 4230. The second-order valence-corrected chi connectivity index (χ2v) is 24.0. The minimum atomic E-state index is -5.05. The molecule has 1 fully saturated rings. The standard InChI is InChI=1S/C48H46Cl2N16O18S5/c1-23-7-8-30(37(15-23)87-84-81-71)62-64-41-39(89(75,76)77)17-25-16-27(85-82-79-69)20-34(40(25)42(41)68)54-46-56-43(49)55-45(59-46)51-9-10-65-11-13-66(14-12-65)48-58-44(50)57-47(60-48)53-33-21-31(52-24(2)67)32(22-35(33)78-3)63-61-26-18-29-28(36(19-26)86-83-80-70)5-4-6-38(29)88(72,73)74/h4-8,15-22,62,64,68-71H,9-14H2,1-3H3,(H,52,67)(H,72,73,74)(H,75,76,77)(H,53,57,58,60)(H2,51,54,55,56,59). The highest BCUT2D eigenvalue weighted by atomic mass is 35.5. The number of benzene rings is 6. The number of hydrogen-bond acceptors (Lipinski definition) is 34. The molecule has 3 heterocycles. The number of nitrogens with zero attached hydrogens (tertiary/aromatic N) is 10. The number of piperazine rings is 1. The minimum Gasteiger partial charge on any atom is -0.505 e. The van der Waals surface area contributed by atoms with Crippen LogP contribution in [0.25, 0.3) is 21.5 Å². The average Bonchev–Trinajstić information content (AvgIpc) is 0.849. The van der Waals surface area contributed by atoms with Crippen LogP contribution in [0.4, 0.5) is 63.6 Å². The maximum absolute atomic E-state index is 12.8. The number of hydrazine groups is 1. The molecule has 1 saturated heterocycles. The van der Waals surface area contributed by atoms with Crippen LogP contribution >= 0.6 is 59.3 Å². The molecule has 1 amide bonds. The smallest absolute Gasteiger partial charge is 0.296 e. The van der Waals surface area contributed by atoms with E-state index in [0.29, 0.717) is 85.7 Å². The van der Waals surface area contributed by atoms with Crippen molar-refractivity contribution in [2.24, 2.45) is 10.2 Å². The molecule has 1 aliphatic rings. The SMILES string of the molecule is COc1cc(N=Nc2cc(SOOO)c3cccc(S(=O)(=O)O)c3c2)c(NC(C)=O)cc1Nc1nc(Cl)nc(N2CCN(CCNc3nc(Cl)nc(Nc4cc(SOOO)cc5cc(S(=O)(=O)O)c(NNc6ccc(C)cc6SOOO)c(O)c45)n3)CC2)n1. The lowest BCUT2D eigenvalue weighted by Gasteiger charge is -2.34. The summed E-state index contributed by atoms with van der Waals surface area (Å²) < 4.78 is 90.0. The zero-order valence-electron chi connectivity index (χ0n) is 45.6. The Morgan fingerprint density at radius 3 is 2.06 bits per heavy atom. The molecule has 0 unspecified atom stereocenters. The first-order valence-corrected chi connectivity index (χ1v) is 30.9. The normalized spacial score (nSPS) is 13.1. The number of aryl methyl sites for hydroxylation is 1. The molecule has 470 valence electrons. The van der Waals surface area contributed by atoms with Crippen LogP contribution in [-0.4, -0.2) is 134 Å². The fraction of sp³-hybridized carbons (Fsp3) is 0.188. The lowest BCUT2D eigenvalue weighted by atomic mass is 10.1. The van der Waals surface area contributed by atoms with Crippen molar-refractivity contribution in [2.45, 2.75) is 38.3 Å². The molecule has 0 atom stereocenters. The molecule has 0 bridgehead atoms. The predicted molar refractivity (Wildman–Crippen MR) is 324 cm³/mol. The molecule has 34 nitrogen and oxygen atoms in total. The Hall–Kier alpha value is -7.62. The van der Waals surface area contributed by atoms with Gasteiger partial charge in [-0.25, -0.2) is 15.8 Å². The summed E-state index contributed by atoms with van der Waals surface area (Å²) in [6.07, 6.45) is 0. The van der Waals surface area contributed by atoms with Crippen LogP contribution in [0.1, 0.15) is 12.5 Å². The lowest BCUT2D eigenvalue weighted by Crippen LogP contribution is -2.48. The minimum absolute atomic E-state index is 0.0147. The van der Waals surface area contributed by atoms with Gasteiger partial charge in [0.25, 0.3) is 20.2 Å². The van der Waals surface area contributed by atoms with Crippen molar-refractivity contribution in [2.75, 3.05) is 83.4 Å². The van der Waals surface area contributed by atoms with Gasteiger partial charge in [0, 0.05) is 72.8 Å². The van der Waals surface area contributed by atoms with Crippen LogP contribution < -0.4 is 41.8 Å². The third kappa shape index (κ3) is 16.8. The van der Waals surface area contributed by atoms with Gasteiger partial charge < -0.3 is 36.0 Å². The van der Waals surface area contributed by atoms with Crippen molar-refractivity contribution in [3.05, 3.63) is 95.0 Å². The van der Waals surface area contributed by atoms with E-state index >= 15 is 0 Å². The van der Waals surface area contributed by atoms with E-state index < -0.39 is 47.4 Å². The van der Waals surface area contributed by atoms with Crippen LogP contribution in [-0.2, 0) is 53.1 Å². The molecule has 2 aromatic heterocycles. The molecule has 0 aliphatic carbocycles. The fourth-order valence-corrected chi connectivity index (χ4v) is 12.0. The van der Waals surface area contributed by atoms with E-state index in [1.807, 2.05) is 4.90 Å². The van der Waals surface area contributed by atoms with Gasteiger partial charge in [-0.3, -0.25) is 29.7 Å². The Kier molecular flexibility index (Phi) is 21.7. The summed E-state index contributed by atoms with van der Waals surface area (Å²) in [6.45, 7) is 5.82. The number of ether oxygens (including phenoxy) is 1. The van der Waals surface area contributed by atoms with E-state index in [9.17, 15) is 35.8 Å². The quantitative estimate of drug-likeness (QED) is 0.00568. The number of hydrogen-bond donors (Lipinski definition) is 12. The molecule has 0 saturated carbocycles. The van der Waals surface area contributed by atoms with Gasteiger partial charge in [-0.2, -0.15) is 51.9 Å². The Balaban J connectivity index is 0.874. The van der Waals surface area contributed by atoms with E-state index in [1.165, 1.54) is 62.6 Å². The first kappa shape index (κ1) is 65.8. The number of halogens is 2. The zero-order chi connectivity index (χ0) is 63.6. The monoisotopic (exact) mass is 1360 g/mol. The third-order valence-corrected chi connectivity index (χ3v) is 16.5. The van der Waals surface area contributed by atoms with Gasteiger partial charge in [0.15, 0.2) is 5.75 Å². The number of nitrogens with one attached hydrogen (secondary N) is 6. The van der Waals surface area contributed by atoms with E-state index in [0.717, 1.165) is 11.6 Å². The van der Waals surface area contributed by atoms with Crippen molar-refractivity contribution >= 4 is 171 Å². The number of carbonyl (C=O) groups is 1. The van der Waals surface area contributed by atoms with E-state index in [1.54, 1.807) is 31.2 Å². The van der Waals surface area contributed by atoms with Gasteiger partial charge >= 0.3 is 0 Å². The number of anilines is 9. The van der Waals surface area contributed by atoms with Crippen molar-refractivity contribution in [3.63, 3.8) is 0 Å². The molecule has 89 heavy (non-hydrogen) atoms. The predicted octanol–water partition coefficient (Wildman–Crippen LogP) is 10.0. The van der Waals surface area contributed by atoms with Gasteiger partial charge in [-0.05, 0) is 101 Å². The number of fused-ring (bicyclic) bond motifs is 2. The molecule has 0 spiro atoms. The first-order chi connectivity index (χ1) is 42.6. The second-order valence-electron chi connectivity index (χ2n) is 18.3. The van der Waals surface area contributed by atoms with Gasteiger partial charge in [0.05, 0.1) is 76.6 Å². The molecule has 9 rings (SSSR count). The first-order valence-electron chi connectivity index (χ1n) is 25.0. The maximum Gasteiger partial charge on any atom is 0.296 e. The number of aromatic hydroxyl groups is 1. The average molecular weight is 1370 g/mol. The summed E-state index contributed by atoms with van der Waals surface area (Å²) in [5.41, 5.74) is 6.54. The fourth-order valence-electron chi connectivity index (χ4n) is 8.77. The van der Waals surface area contributed by atoms with Crippen molar-refractivity contribution < 1.29 is 84.5 Å². The number of rotatable bonds is 27. The highest BCUT2D eigenvalue weighted by Gasteiger charge is 2.27. The van der Waals surface area contributed by atoms with Crippen LogP contribution in [0, 0.1) is 6.92 Å². The van der Waals surface area contributed by atoms with Crippen LogP contribution in [0.15, 0.2) is 114 Å². The number of aromatic nitrogens is 6. The Morgan fingerprint density at radius 1 is 0.685 bits per heavy atom. The lowest BCUT2D eigenvalue weighted by molar-refractivity contribution is -0.432. The zero-order valence-corrected chi connectivity index (χ0v) is 51.2. The summed E-state index contributed by atoms with van der Waals surface area (Å²) in [5.74, 6) is -0.823. The van der Waals surface area contributed by atoms with Crippen LogP contribution in [0.3, 0.4) is 0 Å². The van der Waals surface area contributed by atoms with Crippen LogP contribution in [0.5, 0.6) is 11.5 Å². The summed E-state index contributed by atoms with van der Waals surface area (Å²) >= 11 is 14.5. The molecule has 41 heteroatoms. The number of methoxy groups -OCH3 is 1. The van der Waals surface area contributed by atoms with Crippen molar-refractivity contribution in [1.29, 1.82) is 0 Å². The molecular formula is C48H46Cl2N16O18S5. The molecule has 1 aliphatic heterocycles. The molecular weight excluding hydrogens is 1320 g/mol. The number of phenolic OH excluding ortho intramolecular Hbond substituents is 1. The van der Waals surface area contributed by atoms with E-state index in [-0.39, 0.29) is 100 Å². The second kappa shape index (κ2) is 29.3. The van der Waals surface area contributed by atoms with Crippen molar-refractivity contribution in [1.82, 2.24) is 34.8 Å². The number of amides is 1. The summed E-state index contributed by atoms with van der Waals surface area (Å²) in [7, 11) is -8.38. The number of azo groups is 1. The molecule has 12 N–H and O–H groups in total. The summed E-state index contributed by atoms with van der Waals surface area (Å²) in [5, 5.41) is 70.0. The molecule has 0 radical (unpaired) electrons. The number of carbonyl (C=O) groups excluding carboxylic acids is 1. The highest BCUT2D eigenvalue weighted by molar-refractivity contribution is 7.95.